The number of carboxylic acids is 1. The SMILES string of the molecule is NC(N)=Nc1ccc(NC(=O)C(Cc2ccccc2)NC(=O)c2ccc(C(=O)O)cc2)cc1. The van der Waals surface area contributed by atoms with Crippen LogP contribution in [0.5, 0.6) is 0 Å². The number of carbonyl (C=O) groups is 3. The van der Waals surface area contributed by atoms with Crippen LogP contribution in [0, 0.1) is 0 Å². The van der Waals surface area contributed by atoms with Gasteiger partial charge >= 0.3 is 5.97 Å². The minimum Gasteiger partial charge on any atom is -0.478 e. The fraction of sp³-hybridized carbons (Fsp3) is 0.0833. The normalized spacial score (nSPS) is 11.2. The van der Waals surface area contributed by atoms with Crippen molar-refractivity contribution in [3.05, 3.63) is 95.6 Å². The third-order valence-corrected chi connectivity index (χ3v) is 4.69. The smallest absolute Gasteiger partial charge is 0.335 e. The number of carbonyl (C=O) groups excluding carboxylic acids is 2. The Kier molecular flexibility index (Phi) is 7.38. The fourth-order valence-corrected chi connectivity index (χ4v) is 3.06. The van der Waals surface area contributed by atoms with E-state index in [1.165, 1.54) is 24.3 Å². The molecular formula is C24H23N5O4. The van der Waals surface area contributed by atoms with Crippen LogP contribution < -0.4 is 22.1 Å². The molecule has 0 saturated heterocycles. The van der Waals surface area contributed by atoms with E-state index in [9.17, 15) is 14.4 Å². The van der Waals surface area contributed by atoms with E-state index in [4.69, 9.17) is 16.6 Å². The van der Waals surface area contributed by atoms with Gasteiger partial charge in [-0.25, -0.2) is 9.79 Å². The van der Waals surface area contributed by atoms with Gasteiger partial charge in [0.2, 0.25) is 5.91 Å². The van der Waals surface area contributed by atoms with E-state index >= 15 is 0 Å². The summed E-state index contributed by atoms with van der Waals surface area (Å²) in [7, 11) is 0. The maximum atomic E-state index is 13.0. The second-order valence-electron chi connectivity index (χ2n) is 7.17. The Morgan fingerprint density at radius 1 is 0.848 bits per heavy atom. The summed E-state index contributed by atoms with van der Waals surface area (Å²) >= 11 is 0. The molecule has 168 valence electrons. The summed E-state index contributed by atoms with van der Waals surface area (Å²) in [6.45, 7) is 0. The number of aromatic carboxylic acids is 1. The Morgan fingerprint density at radius 3 is 2.03 bits per heavy atom. The van der Waals surface area contributed by atoms with Crippen molar-refractivity contribution in [3.63, 3.8) is 0 Å². The number of aliphatic imine (C=N–C) groups is 1. The molecule has 0 fully saturated rings. The average molecular weight is 445 g/mol. The molecule has 7 N–H and O–H groups in total. The van der Waals surface area contributed by atoms with Crippen LogP contribution >= 0.6 is 0 Å². The fourth-order valence-electron chi connectivity index (χ4n) is 3.06. The summed E-state index contributed by atoms with van der Waals surface area (Å²) in [6, 6.07) is 20.4. The molecule has 0 heterocycles. The summed E-state index contributed by atoms with van der Waals surface area (Å²) in [5, 5.41) is 14.5. The lowest BCUT2D eigenvalue weighted by molar-refractivity contribution is -0.118. The van der Waals surface area contributed by atoms with Crippen LogP contribution in [0.2, 0.25) is 0 Å². The van der Waals surface area contributed by atoms with Crippen molar-refractivity contribution in [3.8, 4) is 0 Å². The Bertz CT molecular complexity index is 1160. The molecule has 9 heteroatoms. The molecule has 3 aromatic rings. The molecule has 0 spiro atoms. The van der Waals surface area contributed by atoms with Crippen molar-refractivity contribution in [2.45, 2.75) is 12.5 Å². The molecule has 33 heavy (non-hydrogen) atoms. The molecular weight excluding hydrogens is 422 g/mol. The topological polar surface area (TPSA) is 160 Å². The highest BCUT2D eigenvalue weighted by molar-refractivity contribution is 6.01. The Labute approximate surface area is 190 Å². The molecule has 0 aliphatic carbocycles. The summed E-state index contributed by atoms with van der Waals surface area (Å²) < 4.78 is 0. The number of hydrogen-bond donors (Lipinski definition) is 5. The number of guanidine groups is 1. The number of nitrogens with two attached hydrogens (primary N) is 2. The van der Waals surface area contributed by atoms with Gasteiger partial charge in [0, 0.05) is 17.7 Å². The standard InChI is InChI=1S/C24H23N5O4/c25-24(26)28-19-12-10-18(11-13-19)27-22(31)20(14-15-4-2-1-3-5-15)29-21(30)16-6-8-17(9-7-16)23(32)33/h1-13,20H,14H2,(H,27,31)(H,29,30)(H,32,33)(H4,25,26,28). The number of benzene rings is 3. The van der Waals surface area contributed by atoms with Crippen LogP contribution in [0.15, 0.2) is 83.9 Å². The Morgan fingerprint density at radius 2 is 1.45 bits per heavy atom. The first-order chi connectivity index (χ1) is 15.8. The molecule has 1 unspecified atom stereocenters. The highest BCUT2D eigenvalue weighted by Crippen LogP contribution is 2.17. The molecule has 0 aliphatic heterocycles. The third-order valence-electron chi connectivity index (χ3n) is 4.69. The predicted octanol–water partition coefficient (Wildman–Crippen LogP) is 2.27. The minimum atomic E-state index is -1.09. The summed E-state index contributed by atoms with van der Waals surface area (Å²) in [4.78, 5) is 40.7. The van der Waals surface area contributed by atoms with Crippen LogP contribution in [-0.4, -0.2) is 34.9 Å². The maximum Gasteiger partial charge on any atom is 0.335 e. The van der Waals surface area contributed by atoms with Crippen LogP contribution in [0.4, 0.5) is 11.4 Å². The molecule has 3 rings (SSSR count). The number of amides is 2. The highest BCUT2D eigenvalue weighted by atomic mass is 16.4. The zero-order valence-corrected chi connectivity index (χ0v) is 17.6. The number of rotatable bonds is 8. The Hall–Kier alpha value is -4.66. The number of hydrogen-bond acceptors (Lipinski definition) is 4. The number of nitrogens with zero attached hydrogens (tertiary/aromatic N) is 1. The highest BCUT2D eigenvalue weighted by Gasteiger charge is 2.22. The maximum absolute atomic E-state index is 13.0. The van der Waals surface area contributed by atoms with Gasteiger partial charge in [-0.05, 0) is 54.1 Å². The lowest BCUT2D eigenvalue weighted by Gasteiger charge is -2.19. The monoisotopic (exact) mass is 445 g/mol. The van der Waals surface area contributed by atoms with Crippen molar-refractivity contribution >= 4 is 35.1 Å². The van der Waals surface area contributed by atoms with Gasteiger partial charge in [-0.15, -0.1) is 0 Å². The van der Waals surface area contributed by atoms with Crippen molar-refractivity contribution in [2.24, 2.45) is 16.5 Å². The largest absolute Gasteiger partial charge is 0.478 e. The van der Waals surface area contributed by atoms with Gasteiger partial charge in [0.25, 0.3) is 5.91 Å². The molecule has 0 aliphatic rings. The third kappa shape index (κ3) is 6.66. The van der Waals surface area contributed by atoms with E-state index < -0.39 is 23.8 Å². The molecule has 0 radical (unpaired) electrons. The number of anilines is 1. The van der Waals surface area contributed by atoms with Crippen LogP contribution in [0.1, 0.15) is 26.3 Å². The number of nitrogens with one attached hydrogen (secondary N) is 2. The van der Waals surface area contributed by atoms with E-state index in [1.807, 2.05) is 30.3 Å². The molecule has 2 amide bonds. The first-order valence-corrected chi connectivity index (χ1v) is 10.0. The molecule has 0 bridgehead atoms. The molecule has 9 nitrogen and oxygen atoms in total. The van der Waals surface area contributed by atoms with Crippen LogP contribution in [0.3, 0.4) is 0 Å². The van der Waals surface area contributed by atoms with Gasteiger partial charge in [0.05, 0.1) is 11.3 Å². The first kappa shape index (κ1) is 23.0. The second-order valence-corrected chi connectivity index (χ2v) is 7.17. The van der Waals surface area contributed by atoms with Crippen LogP contribution in [0.25, 0.3) is 0 Å². The average Bonchev–Trinajstić information content (AvgIpc) is 2.80. The van der Waals surface area contributed by atoms with Crippen molar-refractivity contribution in [1.29, 1.82) is 0 Å². The first-order valence-electron chi connectivity index (χ1n) is 10.0. The van der Waals surface area contributed by atoms with E-state index in [1.54, 1.807) is 24.3 Å². The Balaban J connectivity index is 1.76. The van der Waals surface area contributed by atoms with E-state index in [-0.39, 0.29) is 23.5 Å². The van der Waals surface area contributed by atoms with Gasteiger partial charge in [-0.1, -0.05) is 30.3 Å². The quantitative estimate of drug-likeness (QED) is 0.264. The van der Waals surface area contributed by atoms with Gasteiger partial charge in [0.1, 0.15) is 6.04 Å². The molecule has 0 saturated carbocycles. The van der Waals surface area contributed by atoms with Gasteiger partial charge in [-0.3, -0.25) is 9.59 Å². The van der Waals surface area contributed by atoms with E-state index in [0.29, 0.717) is 11.4 Å². The minimum absolute atomic E-state index is 0.0642. The van der Waals surface area contributed by atoms with Crippen molar-refractivity contribution in [1.82, 2.24) is 5.32 Å². The number of carboxylic acid groups (broad SMARTS) is 1. The zero-order valence-electron chi connectivity index (χ0n) is 17.6. The molecule has 1 atom stereocenters. The van der Waals surface area contributed by atoms with Crippen molar-refractivity contribution < 1.29 is 19.5 Å². The summed E-state index contributed by atoms with van der Waals surface area (Å²) in [5.74, 6) is -2.07. The lowest BCUT2D eigenvalue weighted by Crippen LogP contribution is -2.45. The lowest BCUT2D eigenvalue weighted by atomic mass is 10.0. The van der Waals surface area contributed by atoms with Crippen molar-refractivity contribution in [2.75, 3.05) is 5.32 Å². The molecule has 0 aromatic heterocycles. The van der Waals surface area contributed by atoms with E-state index in [2.05, 4.69) is 15.6 Å². The van der Waals surface area contributed by atoms with E-state index in [0.717, 1.165) is 5.56 Å². The van der Waals surface area contributed by atoms with Gasteiger partial charge < -0.3 is 27.2 Å². The molecule has 3 aromatic carbocycles. The van der Waals surface area contributed by atoms with Crippen LogP contribution in [-0.2, 0) is 11.2 Å². The van der Waals surface area contributed by atoms with Gasteiger partial charge in [0.15, 0.2) is 5.96 Å². The predicted molar refractivity (Wildman–Crippen MR) is 125 cm³/mol. The summed E-state index contributed by atoms with van der Waals surface area (Å²) in [6.07, 6.45) is 0.262. The summed E-state index contributed by atoms with van der Waals surface area (Å²) in [5.41, 5.74) is 12.9. The zero-order chi connectivity index (χ0) is 23.8. The van der Waals surface area contributed by atoms with Gasteiger partial charge in [-0.2, -0.15) is 0 Å². The second kappa shape index (κ2) is 10.6.